The van der Waals surface area contributed by atoms with Crippen LogP contribution in [0.2, 0.25) is 0 Å². The fraction of sp³-hybridized carbons (Fsp3) is 0.684. The number of carbonyl (C=O) groups is 1. The van der Waals surface area contributed by atoms with Gasteiger partial charge in [0.05, 0.1) is 19.7 Å². The monoisotopic (exact) mass is 367 g/mol. The van der Waals surface area contributed by atoms with Crippen molar-refractivity contribution < 1.29 is 18.3 Å². The molecule has 0 aromatic carbocycles. The van der Waals surface area contributed by atoms with Crippen molar-refractivity contribution in [2.24, 2.45) is 5.92 Å². The van der Waals surface area contributed by atoms with Crippen LogP contribution in [0.25, 0.3) is 0 Å². The highest BCUT2D eigenvalue weighted by Gasteiger charge is 2.45. The van der Waals surface area contributed by atoms with Gasteiger partial charge >= 0.3 is 0 Å². The highest BCUT2D eigenvalue weighted by atomic mass is 19.3. The predicted octanol–water partition coefficient (Wildman–Crippen LogP) is 3.59. The number of anilines is 1. The Hall–Kier alpha value is -1.92. The Morgan fingerprint density at radius 3 is 2.50 bits per heavy atom. The Morgan fingerprint density at radius 2 is 2.00 bits per heavy atom. The predicted molar refractivity (Wildman–Crippen MR) is 96.1 cm³/mol. The van der Waals surface area contributed by atoms with E-state index in [9.17, 15) is 13.6 Å². The van der Waals surface area contributed by atoms with E-state index in [2.05, 4.69) is 4.98 Å². The first-order valence-corrected chi connectivity index (χ1v) is 9.19. The molecule has 2 aliphatic rings. The molecule has 0 N–H and O–H groups in total. The van der Waals surface area contributed by atoms with Gasteiger partial charge in [-0.2, -0.15) is 0 Å². The van der Waals surface area contributed by atoms with E-state index in [1.165, 1.54) is 0 Å². The maximum Gasteiger partial charge on any atom is 0.282 e. The zero-order valence-corrected chi connectivity index (χ0v) is 15.9. The van der Waals surface area contributed by atoms with E-state index < -0.39 is 5.92 Å². The van der Waals surface area contributed by atoms with Gasteiger partial charge in [-0.25, -0.2) is 13.8 Å². The number of hydrogen-bond donors (Lipinski definition) is 0. The lowest BCUT2D eigenvalue weighted by Crippen LogP contribution is -2.56. The Morgan fingerprint density at radius 1 is 1.35 bits per heavy atom. The van der Waals surface area contributed by atoms with Gasteiger partial charge in [0.15, 0.2) is 0 Å². The molecule has 1 aliphatic carbocycles. The average Bonchev–Trinajstić information content (AvgIpc) is 3.33. The smallest absolute Gasteiger partial charge is 0.282 e. The third-order valence-electron chi connectivity index (χ3n) is 4.77. The molecule has 5 nitrogen and oxygen atoms in total. The summed E-state index contributed by atoms with van der Waals surface area (Å²) in [6.07, 6.45) is 2.23. The molecule has 2 fully saturated rings. The van der Waals surface area contributed by atoms with Crippen molar-refractivity contribution in [1.82, 2.24) is 9.88 Å². The number of nitrogens with zero attached hydrogens (tertiary/aromatic N) is 3. The second kappa shape index (κ2) is 6.67. The van der Waals surface area contributed by atoms with Gasteiger partial charge in [-0.1, -0.05) is 0 Å². The summed E-state index contributed by atoms with van der Waals surface area (Å²) in [7, 11) is 0. The fourth-order valence-electron chi connectivity index (χ4n) is 3.12. The Kier molecular flexibility index (Phi) is 4.84. The molecule has 1 saturated carbocycles. The van der Waals surface area contributed by atoms with Crippen LogP contribution >= 0.6 is 0 Å². The second-order valence-corrected chi connectivity index (χ2v) is 8.21. The number of hydrogen-bond acceptors (Lipinski definition) is 4. The van der Waals surface area contributed by atoms with Crippen molar-refractivity contribution in [3.8, 4) is 5.88 Å². The number of pyridine rings is 1. The molecule has 0 atom stereocenters. The number of carbonyl (C=O) groups excluding carboxylic acids is 1. The Labute approximate surface area is 153 Å². The van der Waals surface area contributed by atoms with Crippen molar-refractivity contribution in [2.45, 2.75) is 52.0 Å². The molecule has 0 radical (unpaired) electrons. The molecule has 1 amide bonds. The maximum atomic E-state index is 13.3. The summed E-state index contributed by atoms with van der Waals surface area (Å²) in [4.78, 5) is 20.6. The Balaban J connectivity index is 1.85. The van der Waals surface area contributed by atoms with Gasteiger partial charge in [0.2, 0.25) is 5.88 Å². The van der Waals surface area contributed by atoms with Gasteiger partial charge in [-0.15, -0.1) is 0 Å². The first-order chi connectivity index (χ1) is 12.1. The van der Waals surface area contributed by atoms with E-state index in [0.29, 0.717) is 24.8 Å². The Bertz CT molecular complexity index is 676. The number of rotatable bonds is 6. The molecule has 1 aliphatic heterocycles. The minimum absolute atomic E-state index is 0.184. The minimum atomic E-state index is -2.67. The number of ether oxygens (including phenoxy) is 1. The van der Waals surface area contributed by atoms with Crippen LogP contribution in [0.1, 0.15) is 51.0 Å². The molecule has 0 unspecified atom stereocenters. The van der Waals surface area contributed by atoms with Gasteiger partial charge in [0, 0.05) is 12.1 Å². The number of halogens is 2. The highest BCUT2D eigenvalue weighted by Crippen LogP contribution is 2.38. The van der Waals surface area contributed by atoms with Gasteiger partial charge < -0.3 is 14.5 Å². The molecule has 2 heterocycles. The van der Waals surface area contributed by atoms with Gasteiger partial charge in [0.1, 0.15) is 11.4 Å². The lowest BCUT2D eigenvalue weighted by molar-refractivity contribution is -0.0265. The summed E-state index contributed by atoms with van der Waals surface area (Å²) < 4.78 is 32.3. The average molecular weight is 367 g/mol. The molecule has 3 rings (SSSR count). The normalized spacial score (nSPS) is 19.1. The van der Waals surface area contributed by atoms with Crippen molar-refractivity contribution in [2.75, 3.05) is 31.1 Å². The van der Waals surface area contributed by atoms with Crippen LogP contribution in [0.4, 0.5) is 14.5 Å². The van der Waals surface area contributed by atoms with E-state index in [0.717, 1.165) is 12.8 Å². The number of alkyl halides is 2. The topological polar surface area (TPSA) is 45.7 Å². The molecule has 144 valence electrons. The van der Waals surface area contributed by atoms with Crippen molar-refractivity contribution in [1.29, 1.82) is 0 Å². The summed E-state index contributed by atoms with van der Waals surface area (Å²) in [5.41, 5.74) is 0.483. The molecule has 1 saturated heterocycles. The molecule has 26 heavy (non-hydrogen) atoms. The fourth-order valence-corrected chi connectivity index (χ4v) is 3.12. The largest absolute Gasteiger partial charge is 0.476 e. The standard InChI is InChI=1S/C19H27F2N3O2/c1-5-24(18(2,3)4)17(25)14-8-9-15(23-11-19(20,21)12-23)16(22-14)26-10-13-6-7-13/h8-9,13H,5-7,10-12H2,1-4H3. The van der Waals surface area contributed by atoms with Gasteiger partial charge in [-0.05, 0) is 58.6 Å². The first kappa shape index (κ1) is 18.9. The van der Waals surface area contributed by atoms with Crippen LogP contribution in [-0.2, 0) is 0 Å². The van der Waals surface area contributed by atoms with E-state index >= 15 is 0 Å². The SMILES string of the molecule is CCN(C(=O)c1ccc(N2CC(F)(F)C2)c(OCC2CC2)n1)C(C)(C)C. The third-order valence-corrected chi connectivity index (χ3v) is 4.77. The second-order valence-electron chi connectivity index (χ2n) is 8.21. The summed E-state index contributed by atoms with van der Waals surface area (Å²) in [5.74, 6) is -2.07. The van der Waals surface area contributed by atoms with E-state index in [-0.39, 0.29) is 36.1 Å². The molecular weight excluding hydrogens is 340 g/mol. The molecule has 0 spiro atoms. The molecule has 7 heteroatoms. The maximum absolute atomic E-state index is 13.3. The van der Waals surface area contributed by atoms with Crippen LogP contribution in [0, 0.1) is 5.92 Å². The van der Waals surface area contributed by atoms with Crippen LogP contribution in [-0.4, -0.2) is 53.5 Å². The van der Waals surface area contributed by atoms with E-state index in [1.54, 1.807) is 21.9 Å². The van der Waals surface area contributed by atoms with Gasteiger partial charge in [-0.3, -0.25) is 4.79 Å². The summed E-state index contributed by atoms with van der Waals surface area (Å²) in [5, 5.41) is 0. The van der Waals surface area contributed by atoms with E-state index in [4.69, 9.17) is 4.74 Å². The zero-order valence-electron chi connectivity index (χ0n) is 15.9. The van der Waals surface area contributed by atoms with Crippen molar-refractivity contribution in [3.63, 3.8) is 0 Å². The zero-order chi connectivity index (χ0) is 19.1. The van der Waals surface area contributed by atoms with E-state index in [1.807, 2.05) is 27.7 Å². The third kappa shape index (κ3) is 4.07. The molecule has 0 bridgehead atoms. The minimum Gasteiger partial charge on any atom is -0.476 e. The van der Waals surface area contributed by atoms with Crippen molar-refractivity contribution >= 4 is 11.6 Å². The highest BCUT2D eigenvalue weighted by molar-refractivity contribution is 5.93. The quantitative estimate of drug-likeness (QED) is 0.771. The summed E-state index contributed by atoms with van der Waals surface area (Å²) in [6.45, 7) is 8.21. The van der Waals surface area contributed by atoms with Crippen molar-refractivity contribution in [3.05, 3.63) is 17.8 Å². The molecule has 1 aromatic heterocycles. The van der Waals surface area contributed by atoms with Crippen LogP contribution in [0.5, 0.6) is 5.88 Å². The molecule has 1 aromatic rings. The first-order valence-electron chi connectivity index (χ1n) is 9.19. The summed E-state index contributed by atoms with van der Waals surface area (Å²) >= 11 is 0. The van der Waals surface area contributed by atoms with Gasteiger partial charge in [0.25, 0.3) is 11.8 Å². The van der Waals surface area contributed by atoms with Crippen LogP contribution < -0.4 is 9.64 Å². The van der Waals surface area contributed by atoms with Crippen LogP contribution in [0.3, 0.4) is 0 Å². The number of amides is 1. The van der Waals surface area contributed by atoms with Crippen LogP contribution in [0.15, 0.2) is 12.1 Å². The lowest BCUT2D eigenvalue weighted by Gasteiger charge is -2.40. The molecular formula is C19H27F2N3O2. The number of aromatic nitrogens is 1. The lowest BCUT2D eigenvalue weighted by atomic mass is 10.1. The summed E-state index contributed by atoms with van der Waals surface area (Å²) in [6, 6.07) is 3.28.